The van der Waals surface area contributed by atoms with Crippen LogP contribution in [0, 0.1) is 16.7 Å². The fourth-order valence-corrected chi connectivity index (χ4v) is 2.50. The molecule has 1 aliphatic heterocycles. The van der Waals surface area contributed by atoms with Gasteiger partial charge in [0.25, 0.3) is 0 Å². The molecule has 0 radical (unpaired) electrons. The van der Waals surface area contributed by atoms with Crippen molar-refractivity contribution in [1.82, 2.24) is 0 Å². The van der Waals surface area contributed by atoms with E-state index in [-0.39, 0.29) is 0 Å². The molecule has 96 valence electrons. The smallest absolute Gasteiger partial charge is 0.0861 e. The van der Waals surface area contributed by atoms with E-state index in [1.54, 1.807) is 0 Å². The van der Waals surface area contributed by atoms with Gasteiger partial charge in [-0.2, -0.15) is 5.26 Å². The summed E-state index contributed by atoms with van der Waals surface area (Å²) in [6, 6.07) is 12.5. The molecule has 1 fully saturated rings. The van der Waals surface area contributed by atoms with Crippen LogP contribution in [0.1, 0.15) is 26.7 Å². The maximum atomic E-state index is 10.6. The summed E-state index contributed by atoms with van der Waals surface area (Å²) < 4.78 is 0. The maximum absolute atomic E-state index is 10.6. The summed E-state index contributed by atoms with van der Waals surface area (Å²) in [6.07, 6.45) is 1.28. The first kappa shape index (κ1) is 12.9. The van der Waals surface area contributed by atoms with Crippen molar-refractivity contribution >= 4 is 5.69 Å². The van der Waals surface area contributed by atoms with Gasteiger partial charge in [0.2, 0.25) is 0 Å². The number of benzene rings is 1. The van der Waals surface area contributed by atoms with Gasteiger partial charge in [-0.1, -0.05) is 18.2 Å². The van der Waals surface area contributed by atoms with E-state index in [9.17, 15) is 10.4 Å². The average molecular weight is 244 g/mol. The molecule has 0 aromatic heterocycles. The quantitative estimate of drug-likeness (QED) is 0.869. The summed E-state index contributed by atoms with van der Waals surface area (Å²) >= 11 is 0. The Balaban J connectivity index is 2.07. The molecule has 1 N–H and O–H groups in total. The van der Waals surface area contributed by atoms with Crippen LogP contribution in [0.15, 0.2) is 30.3 Å². The highest BCUT2D eigenvalue weighted by Gasteiger charge is 2.45. The predicted octanol–water partition coefficient (Wildman–Crippen LogP) is 2.57. The van der Waals surface area contributed by atoms with Crippen LogP contribution in [0.2, 0.25) is 0 Å². The van der Waals surface area contributed by atoms with E-state index in [1.807, 2.05) is 32.0 Å². The average Bonchev–Trinajstić information content (AvgIpc) is 2.40. The second-order valence-corrected chi connectivity index (χ2v) is 5.59. The molecule has 0 amide bonds. The van der Waals surface area contributed by atoms with Crippen molar-refractivity contribution in [3.05, 3.63) is 30.3 Å². The topological polar surface area (TPSA) is 47.3 Å². The van der Waals surface area contributed by atoms with E-state index < -0.39 is 11.0 Å². The normalized spacial score (nSPS) is 19.3. The Morgan fingerprint density at radius 1 is 1.22 bits per heavy atom. The summed E-state index contributed by atoms with van der Waals surface area (Å²) in [6.45, 7) is 5.24. The largest absolute Gasteiger partial charge is 0.388 e. The van der Waals surface area contributed by atoms with Crippen LogP contribution in [0.5, 0.6) is 0 Å². The number of piperidine rings is 1. The van der Waals surface area contributed by atoms with E-state index in [1.165, 1.54) is 5.69 Å². The lowest BCUT2D eigenvalue weighted by Crippen LogP contribution is -2.52. The van der Waals surface area contributed by atoms with Crippen LogP contribution in [0.3, 0.4) is 0 Å². The van der Waals surface area contributed by atoms with Crippen LogP contribution < -0.4 is 4.90 Å². The highest BCUT2D eigenvalue weighted by molar-refractivity contribution is 5.46. The minimum absolute atomic E-state index is 0.641. The van der Waals surface area contributed by atoms with Gasteiger partial charge in [0.1, 0.15) is 0 Å². The monoisotopic (exact) mass is 244 g/mol. The van der Waals surface area contributed by atoms with Crippen LogP contribution in [-0.4, -0.2) is 23.8 Å². The van der Waals surface area contributed by atoms with E-state index in [2.05, 4.69) is 23.1 Å². The summed E-state index contributed by atoms with van der Waals surface area (Å²) in [5.41, 5.74) is -0.364. The zero-order valence-corrected chi connectivity index (χ0v) is 11.1. The molecule has 1 saturated heterocycles. The van der Waals surface area contributed by atoms with Gasteiger partial charge in [0, 0.05) is 18.8 Å². The second kappa shape index (κ2) is 4.62. The Kier molecular flexibility index (Phi) is 3.32. The summed E-state index contributed by atoms with van der Waals surface area (Å²) in [4.78, 5) is 2.27. The number of nitriles is 1. The van der Waals surface area contributed by atoms with Crippen LogP contribution in [-0.2, 0) is 0 Å². The minimum Gasteiger partial charge on any atom is -0.388 e. The molecular weight excluding hydrogens is 224 g/mol. The van der Waals surface area contributed by atoms with Crippen LogP contribution in [0.4, 0.5) is 5.69 Å². The highest BCUT2D eigenvalue weighted by Crippen LogP contribution is 2.39. The van der Waals surface area contributed by atoms with Crippen molar-refractivity contribution in [3.63, 3.8) is 0 Å². The van der Waals surface area contributed by atoms with Crippen molar-refractivity contribution in [2.45, 2.75) is 32.3 Å². The molecule has 1 heterocycles. The Labute approximate surface area is 109 Å². The Morgan fingerprint density at radius 2 is 1.78 bits per heavy atom. The van der Waals surface area contributed by atoms with Gasteiger partial charge in [0.15, 0.2) is 0 Å². The first-order valence-electron chi connectivity index (χ1n) is 6.42. The van der Waals surface area contributed by atoms with Crippen molar-refractivity contribution in [2.75, 3.05) is 18.0 Å². The predicted molar refractivity (Wildman–Crippen MR) is 72.2 cm³/mol. The molecule has 1 aromatic rings. The van der Waals surface area contributed by atoms with Gasteiger partial charge in [0.05, 0.1) is 17.1 Å². The van der Waals surface area contributed by atoms with Gasteiger partial charge in [-0.3, -0.25) is 0 Å². The lowest BCUT2D eigenvalue weighted by atomic mass is 9.70. The van der Waals surface area contributed by atoms with Gasteiger partial charge in [-0.25, -0.2) is 0 Å². The molecule has 0 bridgehead atoms. The van der Waals surface area contributed by atoms with Crippen molar-refractivity contribution < 1.29 is 5.11 Å². The van der Waals surface area contributed by atoms with E-state index in [0.717, 1.165) is 13.1 Å². The molecule has 0 atom stereocenters. The minimum atomic E-state index is -0.868. The van der Waals surface area contributed by atoms with Gasteiger partial charge in [-0.15, -0.1) is 0 Å². The Hall–Kier alpha value is -1.53. The fraction of sp³-hybridized carbons (Fsp3) is 0.533. The first-order valence-corrected chi connectivity index (χ1v) is 6.42. The van der Waals surface area contributed by atoms with Crippen LogP contribution >= 0.6 is 0 Å². The van der Waals surface area contributed by atoms with E-state index in [0.29, 0.717) is 12.8 Å². The Morgan fingerprint density at radius 3 is 2.28 bits per heavy atom. The lowest BCUT2D eigenvalue weighted by Gasteiger charge is -2.45. The number of hydrogen-bond acceptors (Lipinski definition) is 3. The molecule has 0 saturated carbocycles. The van der Waals surface area contributed by atoms with Gasteiger partial charge >= 0.3 is 0 Å². The van der Waals surface area contributed by atoms with E-state index >= 15 is 0 Å². The number of rotatable bonds is 2. The molecule has 1 aliphatic rings. The van der Waals surface area contributed by atoms with Crippen molar-refractivity contribution in [3.8, 4) is 6.07 Å². The SMILES string of the molecule is CC(C)(C#N)C1(O)CCN(c2ccccc2)CC1. The zero-order valence-electron chi connectivity index (χ0n) is 11.1. The third-order valence-corrected chi connectivity index (χ3v) is 4.15. The molecule has 3 nitrogen and oxygen atoms in total. The molecule has 0 unspecified atom stereocenters. The standard InChI is InChI=1S/C15H20N2O/c1-14(2,12-16)15(18)8-10-17(11-9-15)13-6-4-3-5-7-13/h3-7,18H,8-11H2,1-2H3. The Bertz CT molecular complexity index is 439. The molecule has 2 rings (SSSR count). The summed E-state index contributed by atoms with van der Waals surface area (Å²) in [5.74, 6) is 0. The zero-order chi connectivity index (χ0) is 13.2. The molecule has 1 aromatic carbocycles. The lowest BCUT2D eigenvalue weighted by molar-refractivity contribution is -0.0576. The number of para-hydroxylation sites is 1. The van der Waals surface area contributed by atoms with Gasteiger partial charge in [-0.05, 0) is 38.8 Å². The number of anilines is 1. The third-order valence-electron chi connectivity index (χ3n) is 4.15. The molecule has 3 heteroatoms. The van der Waals surface area contributed by atoms with Gasteiger partial charge < -0.3 is 10.0 Å². The molecular formula is C15H20N2O. The fourth-order valence-electron chi connectivity index (χ4n) is 2.50. The van der Waals surface area contributed by atoms with Crippen molar-refractivity contribution in [1.29, 1.82) is 5.26 Å². The number of aliphatic hydroxyl groups is 1. The van der Waals surface area contributed by atoms with E-state index in [4.69, 9.17) is 0 Å². The summed E-state index contributed by atoms with van der Waals surface area (Å²) in [5, 5.41) is 19.8. The number of hydrogen-bond donors (Lipinski definition) is 1. The molecule has 0 spiro atoms. The molecule has 0 aliphatic carbocycles. The second-order valence-electron chi connectivity index (χ2n) is 5.59. The first-order chi connectivity index (χ1) is 8.48. The third kappa shape index (κ3) is 2.21. The number of nitrogens with zero attached hydrogens (tertiary/aromatic N) is 2. The molecule has 18 heavy (non-hydrogen) atoms. The summed E-state index contributed by atoms with van der Waals surface area (Å²) in [7, 11) is 0. The highest BCUT2D eigenvalue weighted by atomic mass is 16.3. The van der Waals surface area contributed by atoms with Crippen LogP contribution in [0.25, 0.3) is 0 Å². The van der Waals surface area contributed by atoms with Crippen molar-refractivity contribution in [2.24, 2.45) is 5.41 Å². The maximum Gasteiger partial charge on any atom is 0.0861 e.